The number of carbonyl (C=O) groups is 1. The van der Waals surface area contributed by atoms with Gasteiger partial charge in [-0.3, -0.25) is 0 Å². The van der Waals surface area contributed by atoms with Gasteiger partial charge in [0.25, 0.3) is 0 Å². The van der Waals surface area contributed by atoms with Crippen molar-refractivity contribution >= 4 is 34.5 Å². The molecule has 0 saturated heterocycles. The Morgan fingerprint density at radius 3 is 2.62 bits per heavy atom. The van der Waals surface area contributed by atoms with Crippen LogP contribution in [0.15, 0.2) is 63.7 Å². The average Bonchev–Trinajstić information content (AvgIpc) is 3.03. The number of aryl methyl sites for hydroxylation is 1. The second-order valence-electron chi connectivity index (χ2n) is 6.15. The van der Waals surface area contributed by atoms with Crippen LogP contribution in [-0.4, -0.2) is 35.4 Å². The summed E-state index contributed by atoms with van der Waals surface area (Å²) >= 11 is 1.17. The number of nitrogens with zero attached hydrogens (tertiary/aromatic N) is 1. The molecule has 0 aromatic heterocycles. The van der Waals surface area contributed by atoms with Gasteiger partial charge >= 0.3 is 5.97 Å². The van der Waals surface area contributed by atoms with Gasteiger partial charge < -0.3 is 19.7 Å². The minimum atomic E-state index is -0.663. The first-order valence-electron chi connectivity index (χ1n) is 8.93. The number of hydrogen-bond acceptors (Lipinski definition) is 7. The van der Waals surface area contributed by atoms with Gasteiger partial charge in [-0.15, -0.1) is 0 Å². The van der Waals surface area contributed by atoms with E-state index in [9.17, 15) is 15.0 Å². The number of aliphatic hydroxyl groups excluding tert-OH is 1. The third-order valence-corrected chi connectivity index (χ3v) is 5.40. The average molecular weight is 411 g/mol. The molecule has 0 bridgehead atoms. The molecule has 6 nitrogen and oxygen atoms in total. The summed E-state index contributed by atoms with van der Waals surface area (Å²) < 4.78 is 10.1. The Morgan fingerprint density at radius 1 is 1.17 bits per heavy atom. The van der Waals surface area contributed by atoms with Gasteiger partial charge in [-0.2, -0.15) is 0 Å². The molecule has 3 rings (SSSR count). The zero-order chi connectivity index (χ0) is 21.0. The summed E-state index contributed by atoms with van der Waals surface area (Å²) in [5.74, 6) is -0.364. The maximum absolute atomic E-state index is 12.3. The monoisotopic (exact) mass is 411 g/mol. The van der Waals surface area contributed by atoms with E-state index in [1.165, 1.54) is 38.1 Å². The largest absolute Gasteiger partial charge is 0.508 e. The van der Waals surface area contributed by atoms with E-state index in [0.717, 1.165) is 17.7 Å². The fourth-order valence-corrected chi connectivity index (χ4v) is 3.90. The van der Waals surface area contributed by atoms with Crippen LogP contribution < -0.4 is 4.74 Å². The summed E-state index contributed by atoms with van der Waals surface area (Å²) in [7, 11) is 2.75. The third kappa shape index (κ3) is 4.30. The molecule has 0 atom stereocenters. The van der Waals surface area contributed by atoms with E-state index in [1.807, 2.05) is 31.2 Å². The highest BCUT2D eigenvalue weighted by atomic mass is 32.2. The van der Waals surface area contributed by atoms with Crippen LogP contribution in [0.3, 0.4) is 0 Å². The minimum absolute atomic E-state index is 0.0207. The molecule has 1 heterocycles. The maximum atomic E-state index is 12.3. The number of esters is 1. The molecule has 150 valence electrons. The van der Waals surface area contributed by atoms with Crippen molar-refractivity contribution in [2.24, 2.45) is 4.99 Å². The van der Waals surface area contributed by atoms with E-state index in [1.54, 1.807) is 12.1 Å². The van der Waals surface area contributed by atoms with Crippen molar-refractivity contribution in [3.8, 4) is 11.5 Å². The lowest BCUT2D eigenvalue weighted by atomic mass is 10.1. The summed E-state index contributed by atoms with van der Waals surface area (Å²) in [6.07, 6.45) is 2.46. The number of phenolic OH excluding ortho intramolecular Hbond substituents is 1. The molecule has 0 unspecified atom stereocenters. The first kappa shape index (κ1) is 20.5. The molecular weight excluding hydrogens is 390 g/mol. The molecule has 0 amide bonds. The van der Waals surface area contributed by atoms with Crippen LogP contribution >= 0.6 is 11.8 Å². The standard InChI is InChI=1S/C22H21NO5S/c1-4-13-7-5-6-8-16(13)23-21-19(22(26)28-3)20(25)18(29-21)11-14-9-10-15(24)12-17(14)27-2/h5-12,24-25H,4H2,1-3H3/b18-11+,23-21?. The van der Waals surface area contributed by atoms with Crippen LogP contribution in [0.1, 0.15) is 18.1 Å². The van der Waals surface area contributed by atoms with Crippen molar-refractivity contribution in [3.05, 3.63) is 69.8 Å². The van der Waals surface area contributed by atoms with Gasteiger partial charge in [-0.1, -0.05) is 36.9 Å². The summed E-state index contributed by atoms with van der Waals surface area (Å²) in [5, 5.41) is 20.7. The molecule has 2 aromatic rings. The van der Waals surface area contributed by atoms with Gasteiger partial charge in [-0.05, 0) is 36.3 Å². The Kier molecular flexibility index (Phi) is 6.29. The lowest BCUT2D eigenvalue weighted by Crippen LogP contribution is -2.10. The Balaban J connectivity index is 2.10. The van der Waals surface area contributed by atoms with Crippen molar-refractivity contribution in [2.75, 3.05) is 14.2 Å². The summed E-state index contributed by atoms with van der Waals surface area (Å²) in [6, 6.07) is 12.3. The topological polar surface area (TPSA) is 88.4 Å². The molecule has 0 saturated carbocycles. The zero-order valence-corrected chi connectivity index (χ0v) is 17.1. The van der Waals surface area contributed by atoms with Crippen molar-refractivity contribution in [1.29, 1.82) is 0 Å². The van der Waals surface area contributed by atoms with Gasteiger partial charge in [0, 0.05) is 11.6 Å². The number of methoxy groups -OCH3 is 2. The zero-order valence-electron chi connectivity index (χ0n) is 16.3. The van der Waals surface area contributed by atoms with Crippen molar-refractivity contribution in [3.63, 3.8) is 0 Å². The number of phenols is 1. The predicted molar refractivity (Wildman–Crippen MR) is 115 cm³/mol. The number of ether oxygens (including phenoxy) is 2. The molecular formula is C22H21NO5S. The van der Waals surface area contributed by atoms with Crippen LogP contribution in [0.4, 0.5) is 5.69 Å². The molecule has 29 heavy (non-hydrogen) atoms. The first-order valence-corrected chi connectivity index (χ1v) is 9.75. The highest BCUT2D eigenvalue weighted by Crippen LogP contribution is 2.41. The Hall–Kier alpha value is -3.19. The van der Waals surface area contributed by atoms with Crippen molar-refractivity contribution < 1.29 is 24.5 Å². The van der Waals surface area contributed by atoms with E-state index in [4.69, 9.17) is 9.47 Å². The number of carbonyl (C=O) groups excluding carboxylic acids is 1. The van der Waals surface area contributed by atoms with E-state index in [0.29, 0.717) is 21.3 Å². The number of benzene rings is 2. The number of para-hydroxylation sites is 1. The van der Waals surface area contributed by atoms with Crippen molar-refractivity contribution in [2.45, 2.75) is 13.3 Å². The molecule has 0 aliphatic carbocycles. The minimum Gasteiger partial charge on any atom is -0.508 e. The Bertz CT molecular complexity index is 1040. The quantitative estimate of drug-likeness (QED) is 0.689. The van der Waals surface area contributed by atoms with E-state index in [-0.39, 0.29) is 17.1 Å². The number of thioether (sulfide) groups is 1. The number of hydrogen-bond donors (Lipinski definition) is 2. The van der Waals surface area contributed by atoms with Crippen LogP contribution in [0, 0.1) is 0 Å². The number of aliphatic imine (C=N–C) groups is 1. The Morgan fingerprint density at radius 2 is 1.93 bits per heavy atom. The molecule has 2 N–H and O–H groups in total. The highest BCUT2D eigenvalue weighted by molar-refractivity contribution is 8.18. The fraction of sp³-hybridized carbons (Fsp3) is 0.182. The lowest BCUT2D eigenvalue weighted by Gasteiger charge is -2.06. The van der Waals surface area contributed by atoms with Gasteiger partial charge in [-0.25, -0.2) is 9.79 Å². The maximum Gasteiger partial charge on any atom is 0.344 e. The van der Waals surface area contributed by atoms with Gasteiger partial charge in [0.15, 0.2) is 0 Å². The van der Waals surface area contributed by atoms with E-state index >= 15 is 0 Å². The van der Waals surface area contributed by atoms with Crippen LogP contribution in [0.25, 0.3) is 6.08 Å². The smallest absolute Gasteiger partial charge is 0.344 e. The van der Waals surface area contributed by atoms with Gasteiger partial charge in [0.1, 0.15) is 27.9 Å². The molecule has 7 heteroatoms. The van der Waals surface area contributed by atoms with Crippen LogP contribution in [-0.2, 0) is 16.0 Å². The second kappa shape index (κ2) is 8.87. The third-order valence-electron chi connectivity index (χ3n) is 4.38. The molecule has 0 radical (unpaired) electrons. The fourth-order valence-electron chi connectivity index (χ4n) is 2.88. The molecule has 0 fully saturated rings. The van der Waals surface area contributed by atoms with Gasteiger partial charge in [0.05, 0.1) is 24.8 Å². The molecule has 2 aromatic carbocycles. The van der Waals surface area contributed by atoms with E-state index < -0.39 is 5.97 Å². The first-order chi connectivity index (χ1) is 14.0. The van der Waals surface area contributed by atoms with Crippen molar-refractivity contribution in [1.82, 2.24) is 0 Å². The highest BCUT2D eigenvalue weighted by Gasteiger charge is 2.33. The second-order valence-corrected chi connectivity index (χ2v) is 7.18. The Labute approximate surface area is 173 Å². The summed E-state index contributed by atoms with van der Waals surface area (Å²) in [6.45, 7) is 2.03. The van der Waals surface area contributed by atoms with Crippen LogP contribution in [0.2, 0.25) is 0 Å². The van der Waals surface area contributed by atoms with Gasteiger partial charge in [0.2, 0.25) is 0 Å². The predicted octanol–water partition coefficient (Wildman–Crippen LogP) is 4.77. The SMILES string of the molecule is CCc1ccccc1N=C1S/C(=C/c2ccc(O)cc2OC)C(O)=C1C(=O)OC. The molecule has 1 aliphatic rings. The number of aromatic hydroxyl groups is 1. The summed E-state index contributed by atoms with van der Waals surface area (Å²) in [4.78, 5) is 17.4. The lowest BCUT2D eigenvalue weighted by molar-refractivity contribution is -0.135. The molecule has 0 spiro atoms. The number of aliphatic hydroxyl groups is 1. The molecule has 1 aliphatic heterocycles. The van der Waals surface area contributed by atoms with Crippen LogP contribution in [0.5, 0.6) is 11.5 Å². The normalized spacial score (nSPS) is 16.5. The number of rotatable bonds is 5. The van der Waals surface area contributed by atoms with E-state index in [2.05, 4.69) is 4.99 Å². The summed E-state index contributed by atoms with van der Waals surface area (Å²) in [5.41, 5.74) is 2.42.